The van der Waals surface area contributed by atoms with E-state index in [0.29, 0.717) is 17.4 Å². The van der Waals surface area contributed by atoms with Crippen molar-refractivity contribution >= 4 is 34.8 Å². The zero-order valence-electron chi connectivity index (χ0n) is 15.0. The minimum atomic E-state index is -0.971. The molecule has 0 fully saturated rings. The Kier molecular flexibility index (Phi) is 5.32. The molecule has 0 aromatic heterocycles. The van der Waals surface area contributed by atoms with E-state index >= 15 is 0 Å². The largest absolute Gasteiger partial charge is 0.497 e. The molecule has 0 aliphatic carbocycles. The van der Waals surface area contributed by atoms with Crippen molar-refractivity contribution in [3.8, 4) is 5.75 Å². The SMILES string of the molecule is COc1ccc(C2=C(SC(C)C)C(=O)N(c3ccc(F)cc3F)C2=O)cc1. The van der Waals surface area contributed by atoms with Gasteiger partial charge in [-0.05, 0) is 29.8 Å². The number of hydrogen-bond donors (Lipinski definition) is 0. The number of carbonyl (C=O) groups is 2. The van der Waals surface area contributed by atoms with Gasteiger partial charge in [-0.25, -0.2) is 13.7 Å². The Bertz CT molecular complexity index is 939. The summed E-state index contributed by atoms with van der Waals surface area (Å²) < 4.78 is 32.6. The molecule has 140 valence electrons. The van der Waals surface area contributed by atoms with Gasteiger partial charge >= 0.3 is 0 Å². The van der Waals surface area contributed by atoms with E-state index in [-0.39, 0.29) is 21.4 Å². The molecule has 7 heteroatoms. The molecule has 2 amide bonds. The first kappa shape index (κ1) is 19.1. The van der Waals surface area contributed by atoms with Crippen LogP contribution in [0.1, 0.15) is 19.4 Å². The number of carbonyl (C=O) groups excluding carboxylic acids is 2. The topological polar surface area (TPSA) is 46.6 Å². The maximum absolute atomic E-state index is 14.2. The highest BCUT2D eigenvalue weighted by Crippen LogP contribution is 2.40. The molecule has 0 spiro atoms. The van der Waals surface area contributed by atoms with E-state index in [1.165, 1.54) is 18.9 Å². The van der Waals surface area contributed by atoms with Crippen molar-refractivity contribution in [2.24, 2.45) is 0 Å². The van der Waals surface area contributed by atoms with Gasteiger partial charge in [0.2, 0.25) is 0 Å². The lowest BCUT2D eigenvalue weighted by Gasteiger charge is -2.16. The van der Waals surface area contributed by atoms with Crippen molar-refractivity contribution in [3.05, 3.63) is 64.6 Å². The van der Waals surface area contributed by atoms with Crippen LogP contribution in [0.4, 0.5) is 14.5 Å². The van der Waals surface area contributed by atoms with Crippen LogP contribution in [0.5, 0.6) is 5.75 Å². The first-order chi connectivity index (χ1) is 12.8. The molecule has 0 N–H and O–H groups in total. The van der Waals surface area contributed by atoms with E-state index in [2.05, 4.69) is 0 Å². The van der Waals surface area contributed by atoms with Gasteiger partial charge in [0.05, 0.1) is 23.3 Å². The lowest BCUT2D eigenvalue weighted by molar-refractivity contribution is -0.119. The molecule has 3 rings (SSSR count). The number of nitrogens with zero attached hydrogens (tertiary/aromatic N) is 1. The number of anilines is 1. The molecule has 27 heavy (non-hydrogen) atoms. The molecule has 0 saturated heterocycles. The minimum Gasteiger partial charge on any atom is -0.497 e. The Morgan fingerprint density at radius 2 is 1.67 bits per heavy atom. The number of halogens is 2. The normalized spacial score (nSPS) is 14.5. The Morgan fingerprint density at radius 1 is 1.00 bits per heavy atom. The summed E-state index contributed by atoms with van der Waals surface area (Å²) in [6, 6.07) is 9.46. The predicted molar refractivity (Wildman–Crippen MR) is 101 cm³/mol. The number of hydrogen-bond acceptors (Lipinski definition) is 4. The molecule has 0 saturated carbocycles. The second kappa shape index (κ2) is 7.52. The van der Waals surface area contributed by atoms with E-state index in [4.69, 9.17) is 4.74 Å². The minimum absolute atomic E-state index is 0.0306. The van der Waals surface area contributed by atoms with Gasteiger partial charge in [0.15, 0.2) is 0 Å². The van der Waals surface area contributed by atoms with Crippen LogP contribution in [-0.2, 0) is 9.59 Å². The van der Waals surface area contributed by atoms with Crippen LogP contribution in [0, 0.1) is 11.6 Å². The Balaban J connectivity index is 2.10. The van der Waals surface area contributed by atoms with Crippen molar-refractivity contribution < 1.29 is 23.1 Å². The van der Waals surface area contributed by atoms with Crippen molar-refractivity contribution in [1.29, 1.82) is 0 Å². The highest BCUT2D eigenvalue weighted by Gasteiger charge is 2.41. The van der Waals surface area contributed by atoms with E-state index in [1.807, 2.05) is 13.8 Å². The molecule has 2 aromatic rings. The maximum atomic E-state index is 14.2. The lowest BCUT2D eigenvalue weighted by atomic mass is 10.1. The smallest absolute Gasteiger partial charge is 0.272 e. The van der Waals surface area contributed by atoms with Crippen molar-refractivity contribution in [3.63, 3.8) is 0 Å². The number of amides is 2. The zero-order chi connectivity index (χ0) is 19.7. The number of imide groups is 1. The number of ether oxygens (including phenoxy) is 1. The van der Waals surface area contributed by atoms with E-state index < -0.39 is 23.4 Å². The summed E-state index contributed by atoms with van der Waals surface area (Å²) in [5.74, 6) is -2.40. The van der Waals surface area contributed by atoms with Gasteiger partial charge in [-0.3, -0.25) is 9.59 Å². The van der Waals surface area contributed by atoms with Crippen molar-refractivity contribution in [1.82, 2.24) is 0 Å². The van der Waals surface area contributed by atoms with E-state index in [0.717, 1.165) is 17.0 Å². The Morgan fingerprint density at radius 3 is 2.22 bits per heavy atom. The summed E-state index contributed by atoms with van der Waals surface area (Å²) in [5.41, 5.74) is 0.462. The monoisotopic (exact) mass is 389 g/mol. The first-order valence-corrected chi connectivity index (χ1v) is 9.10. The summed E-state index contributed by atoms with van der Waals surface area (Å²) >= 11 is 1.23. The summed E-state index contributed by atoms with van der Waals surface area (Å²) in [4.78, 5) is 27.0. The molecule has 1 aliphatic rings. The second-order valence-electron chi connectivity index (χ2n) is 6.14. The van der Waals surface area contributed by atoms with E-state index in [9.17, 15) is 18.4 Å². The third-order valence-corrected chi connectivity index (χ3v) is 5.01. The fourth-order valence-electron chi connectivity index (χ4n) is 2.75. The quantitative estimate of drug-likeness (QED) is 0.711. The number of thioether (sulfide) groups is 1. The van der Waals surface area contributed by atoms with Crippen LogP contribution >= 0.6 is 11.8 Å². The summed E-state index contributed by atoms with van der Waals surface area (Å²) in [5, 5.41) is 0.0306. The molecule has 0 unspecified atom stereocenters. The number of methoxy groups -OCH3 is 1. The summed E-state index contributed by atoms with van der Waals surface area (Å²) in [7, 11) is 1.53. The highest BCUT2D eigenvalue weighted by molar-refractivity contribution is 8.04. The Labute approximate surface area is 159 Å². The fraction of sp³-hybridized carbons (Fsp3) is 0.200. The van der Waals surface area contributed by atoms with Gasteiger partial charge in [-0.15, -0.1) is 11.8 Å². The molecule has 4 nitrogen and oxygen atoms in total. The standard InChI is InChI=1S/C20H17F2NO3S/c1-11(2)27-18-17(12-4-7-14(26-3)8-5-12)19(24)23(20(18)25)16-9-6-13(21)10-15(16)22/h4-11H,1-3H3. The van der Waals surface area contributed by atoms with Gasteiger partial charge in [0.1, 0.15) is 17.4 Å². The predicted octanol–water partition coefficient (Wildman–Crippen LogP) is 4.40. The fourth-order valence-corrected chi connectivity index (χ4v) is 3.73. The van der Waals surface area contributed by atoms with Crippen LogP contribution in [0.2, 0.25) is 0 Å². The van der Waals surface area contributed by atoms with Crippen LogP contribution < -0.4 is 9.64 Å². The zero-order valence-corrected chi connectivity index (χ0v) is 15.8. The molecule has 2 aromatic carbocycles. The highest BCUT2D eigenvalue weighted by atomic mass is 32.2. The third-order valence-electron chi connectivity index (χ3n) is 3.92. The summed E-state index contributed by atoms with van der Waals surface area (Å²) in [6.45, 7) is 3.78. The van der Waals surface area contributed by atoms with Crippen molar-refractivity contribution in [2.45, 2.75) is 19.1 Å². The average molecular weight is 389 g/mol. The molecule has 0 radical (unpaired) electrons. The first-order valence-electron chi connectivity index (χ1n) is 8.22. The van der Waals surface area contributed by atoms with Crippen LogP contribution in [0.3, 0.4) is 0 Å². The van der Waals surface area contributed by atoms with E-state index in [1.54, 1.807) is 24.3 Å². The molecular formula is C20H17F2NO3S. The third kappa shape index (κ3) is 3.60. The van der Waals surface area contributed by atoms with Gasteiger partial charge in [-0.1, -0.05) is 26.0 Å². The number of rotatable bonds is 5. The summed E-state index contributed by atoms with van der Waals surface area (Å²) in [6.07, 6.45) is 0. The molecule has 1 heterocycles. The van der Waals surface area contributed by atoms with Crippen LogP contribution in [0.25, 0.3) is 5.57 Å². The molecular weight excluding hydrogens is 372 g/mol. The van der Waals surface area contributed by atoms with Gasteiger partial charge in [0.25, 0.3) is 11.8 Å². The molecule has 1 aliphatic heterocycles. The average Bonchev–Trinajstić information content (AvgIpc) is 2.85. The maximum Gasteiger partial charge on any atom is 0.272 e. The van der Waals surface area contributed by atoms with Gasteiger partial charge in [0, 0.05) is 11.3 Å². The van der Waals surface area contributed by atoms with Gasteiger partial charge in [-0.2, -0.15) is 0 Å². The van der Waals surface area contributed by atoms with Crippen LogP contribution in [-0.4, -0.2) is 24.2 Å². The van der Waals surface area contributed by atoms with Crippen LogP contribution in [0.15, 0.2) is 47.4 Å². The van der Waals surface area contributed by atoms with Crippen molar-refractivity contribution in [2.75, 3.05) is 12.0 Å². The Hall–Kier alpha value is -2.67. The molecule has 0 bridgehead atoms. The number of benzene rings is 2. The lowest BCUT2D eigenvalue weighted by Crippen LogP contribution is -2.32. The second-order valence-corrected chi connectivity index (χ2v) is 7.73. The van der Waals surface area contributed by atoms with Gasteiger partial charge < -0.3 is 4.74 Å². The molecule has 0 atom stereocenters.